The highest BCUT2D eigenvalue weighted by Gasteiger charge is 2.24. The van der Waals surface area contributed by atoms with Crippen molar-refractivity contribution in [1.82, 2.24) is 0 Å². The Morgan fingerprint density at radius 3 is 2.15 bits per heavy atom. The Kier molecular flexibility index (Phi) is 5.32. The molecule has 1 aromatic heterocycles. The summed E-state index contributed by atoms with van der Waals surface area (Å²) in [5, 5.41) is 4.06. The zero-order valence-electron chi connectivity index (χ0n) is 15.4. The van der Waals surface area contributed by atoms with Crippen molar-refractivity contribution in [3.05, 3.63) is 47.5 Å². The maximum absolute atomic E-state index is 13.4. The van der Waals surface area contributed by atoms with Crippen LogP contribution in [0.15, 0.2) is 36.4 Å². The molecular weight excluding hydrogens is 366 g/mol. The number of carbonyl (C=O) groups is 2. The molecule has 0 unspecified atom stereocenters. The van der Waals surface area contributed by atoms with Gasteiger partial charge in [0.1, 0.15) is 5.00 Å². The second-order valence-electron chi connectivity index (χ2n) is 5.73. The van der Waals surface area contributed by atoms with E-state index in [0.717, 1.165) is 10.1 Å². The zero-order chi connectivity index (χ0) is 19.6. The van der Waals surface area contributed by atoms with Crippen molar-refractivity contribution in [2.24, 2.45) is 0 Å². The molecule has 0 fully saturated rings. The molecule has 0 aliphatic heterocycles. The minimum Gasteiger partial charge on any atom is -0.493 e. The van der Waals surface area contributed by atoms with Gasteiger partial charge < -0.3 is 19.5 Å². The first kappa shape index (κ1) is 18.7. The molecule has 0 saturated carbocycles. The molecule has 140 valence electrons. The number of carbonyl (C=O) groups excluding carboxylic acids is 2. The number of nitrogens with one attached hydrogen (secondary N) is 1. The first-order valence-electron chi connectivity index (χ1n) is 8.14. The smallest absolute Gasteiger partial charge is 0.221 e. The number of thiophene rings is 1. The summed E-state index contributed by atoms with van der Waals surface area (Å²) in [6, 6.07) is 10.7. The molecule has 0 aliphatic rings. The molecule has 6 nitrogen and oxygen atoms in total. The third kappa shape index (κ3) is 3.46. The molecule has 0 saturated heterocycles. The Bertz CT molecular complexity index is 999. The first-order valence-corrected chi connectivity index (χ1v) is 8.95. The number of ketones is 1. The summed E-state index contributed by atoms with van der Waals surface area (Å²) in [5.41, 5.74) is 0.819. The van der Waals surface area contributed by atoms with Gasteiger partial charge in [-0.05, 0) is 18.2 Å². The molecule has 0 spiro atoms. The van der Waals surface area contributed by atoms with Gasteiger partial charge in [0.2, 0.25) is 11.7 Å². The molecule has 0 bridgehead atoms. The van der Waals surface area contributed by atoms with Gasteiger partial charge >= 0.3 is 0 Å². The van der Waals surface area contributed by atoms with Crippen molar-refractivity contribution in [3.63, 3.8) is 0 Å². The molecule has 1 amide bonds. The lowest BCUT2D eigenvalue weighted by Gasteiger charge is -2.14. The topological polar surface area (TPSA) is 73.9 Å². The highest BCUT2D eigenvalue weighted by atomic mass is 32.1. The van der Waals surface area contributed by atoms with Crippen LogP contribution in [0.5, 0.6) is 17.2 Å². The number of anilines is 1. The molecular formula is C20H19NO5S. The summed E-state index contributed by atoms with van der Waals surface area (Å²) >= 11 is 1.36. The van der Waals surface area contributed by atoms with E-state index in [1.54, 1.807) is 12.1 Å². The van der Waals surface area contributed by atoms with Crippen LogP contribution in [-0.4, -0.2) is 33.0 Å². The number of fused-ring (bicyclic) bond motifs is 1. The molecule has 0 radical (unpaired) electrons. The second-order valence-corrected chi connectivity index (χ2v) is 6.78. The molecule has 7 heteroatoms. The van der Waals surface area contributed by atoms with E-state index in [4.69, 9.17) is 14.2 Å². The van der Waals surface area contributed by atoms with E-state index in [0.29, 0.717) is 33.4 Å². The van der Waals surface area contributed by atoms with Crippen molar-refractivity contribution in [3.8, 4) is 17.2 Å². The average molecular weight is 385 g/mol. The van der Waals surface area contributed by atoms with Crippen LogP contribution in [0.4, 0.5) is 5.00 Å². The average Bonchev–Trinajstić information content (AvgIpc) is 3.02. The van der Waals surface area contributed by atoms with Gasteiger partial charge in [-0.25, -0.2) is 0 Å². The minimum absolute atomic E-state index is 0.236. The van der Waals surface area contributed by atoms with E-state index >= 15 is 0 Å². The van der Waals surface area contributed by atoms with Gasteiger partial charge in [0.15, 0.2) is 17.3 Å². The van der Waals surface area contributed by atoms with Crippen molar-refractivity contribution < 1.29 is 23.8 Å². The van der Waals surface area contributed by atoms with Gasteiger partial charge in [-0.15, -0.1) is 11.3 Å². The van der Waals surface area contributed by atoms with Crippen LogP contribution in [0.1, 0.15) is 22.8 Å². The monoisotopic (exact) mass is 385 g/mol. The molecule has 0 aliphatic carbocycles. The molecule has 27 heavy (non-hydrogen) atoms. The van der Waals surface area contributed by atoms with Crippen molar-refractivity contribution in [2.75, 3.05) is 26.6 Å². The quantitative estimate of drug-likeness (QED) is 0.646. The summed E-state index contributed by atoms with van der Waals surface area (Å²) in [4.78, 5) is 25.0. The number of hydrogen-bond donors (Lipinski definition) is 1. The highest BCUT2D eigenvalue weighted by Crippen LogP contribution is 2.41. The Morgan fingerprint density at radius 2 is 1.59 bits per heavy atom. The van der Waals surface area contributed by atoms with E-state index in [-0.39, 0.29) is 11.7 Å². The summed E-state index contributed by atoms with van der Waals surface area (Å²) in [6.07, 6.45) is 0. The van der Waals surface area contributed by atoms with Gasteiger partial charge in [-0.2, -0.15) is 0 Å². The Labute approximate surface area is 160 Å². The fourth-order valence-corrected chi connectivity index (χ4v) is 4.02. The van der Waals surface area contributed by atoms with Gasteiger partial charge in [0.05, 0.1) is 26.9 Å². The van der Waals surface area contributed by atoms with Crippen LogP contribution in [0.25, 0.3) is 10.1 Å². The second kappa shape index (κ2) is 7.67. The Morgan fingerprint density at radius 1 is 0.963 bits per heavy atom. The predicted octanol–water partition coefficient (Wildman–Crippen LogP) is 4.12. The Hall–Kier alpha value is -3.06. The Balaban J connectivity index is 2.20. The fourth-order valence-electron chi connectivity index (χ4n) is 2.88. The van der Waals surface area contributed by atoms with E-state index in [1.165, 1.54) is 39.6 Å². The van der Waals surface area contributed by atoms with Gasteiger partial charge in [0, 0.05) is 22.6 Å². The lowest BCUT2D eigenvalue weighted by molar-refractivity contribution is -0.114. The standard InChI is InChI=1S/C20H19NO5S/c1-11(22)21-20-17(13-7-5-6-8-16(13)27-20)18(23)12-9-14(24-2)19(26-4)15(10-12)25-3/h5-10H,1-4H3,(H,21,22). The molecule has 3 aromatic rings. The number of benzene rings is 2. The molecule has 0 atom stereocenters. The van der Waals surface area contributed by atoms with Crippen LogP contribution in [-0.2, 0) is 4.79 Å². The van der Waals surface area contributed by atoms with E-state index in [2.05, 4.69) is 5.32 Å². The maximum Gasteiger partial charge on any atom is 0.221 e. The summed E-state index contributed by atoms with van der Waals surface area (Å²) in [5.74, 6) is 0.714. The lowest BCUT2D eigenvalue weighted by Crippen LogP contribution is -2.10. The van der Waals surface area contributed by atoms with Gasteiger partial charge in [-0.3, -0.25) is 9.59 Å². The highest BCUT2D eigenvalue weighted by molar-refractivity contribution is 7.23. The van der Waals surface area contributed by atoms with Gasteiger partial charge in [-0.1, -0.05) is 18.2 Å². The molecule has 2 aromatic carbocycles. The molecule has 1 heterocycles. The number of amides is 1. The summed E-state index contributed by atoms with van der Waals surface area (Å²) in [6.45, 7) is 1.41. The van der Waals surface area contributed by atoms with Crippen molar-refractivity contribution in [1.29, 1.82) is 0 Å². The minimum atomic E-state index is -0.240. The lowest BCUT2D eigenvalue weighted by atomic mass is 10.0. The fraction of sp³-hybridized carbons (Fsp3) is 0.200. The number of ether oxygens (including phenoxy) is 3. The predicted molar refractivity (Wildman–Crippen MR) is 106 cm³/mol. The van der Waals surface area contributed by atoms with Crippen molar-refractivity contribution in [2.45, 2.75) is 6.92 Å². The van der Waals surface area contributed by atoms with Crippen LogP contribution in [0.2, 0.25) is 0 Å². The largest absolute Gasteiger partial charge is 0.493 e. The third-order valence-electron chi connectivity index (χ3n) is 4.04. The SMILES string of the molecule is COc1cc(C(=O)c2c(NC(C)=O)sc3ccccc23)cc(OC)c1OC. The van der Waals surface area contributed by atoms with E-state index in [9.17, 15) is 9.59 Å². The van der Waals surface area contributed by atoms with Crippen LogP contribution in [0, 0.1) is 0 Å². The van der Waals surface area contributed by atoms with Crippen LogP contribution < -0.4 is 19.5 Å². The molecule has 1 N–H and O–H groups in total. The summed E-state index contributed by atoms with van der Waals surface area (Å²) in [7, 11) is 4.49. The molecule has 3 rings (SSSR count). The van der Waals surface area contributed by atoms with Crippen LogP contribution in [0.3, 0.4) is 0 Å². The van der Waals surface area contributed by atoms with E-state index in [1.807, 2.05) is 24.3 Å². The van der Waals surface area contributed by atoms with Crippen molar-refractivity contribution >= 4 is 38.1 Å². The normalized spacial score (nSPS) is 10.5. The maximum atomic E-state index is 13.4. The van der Waals surface area contributed by atoms with E-state index < -0.39 is 0 Å². The number of methoxy groups -OCH3 is 3. The van der Waals surface area contributed by atoms with Crippen LogP contribution >= 0.6 is 11.3 Å². The third-order valence-corrected chi connectivity index (χ3v) is 5.13. The first-order chi connectivity index (χ1) is 13.0. The number of rotatable bonds is 6. The zero-order valence-corrected chi connectivity index (χ0v) is 16.2. The van der Waals surface area contributed by atoms with Gasteiger partial charge in [0.25, 0.3) is 0 Å². The summed E-state index contributed by atoms with van der Waals surface area (Å²) < 4.78 is 16.9. The number of hydrogen-bond acceptors (Lipinski definition) is 6.